The Morgan fingerprint density at radius 1 is 1.15 bits per heavy atom. The van der Waals surface area contributed by atoms with Crippen molar-refractivity contribution in [3.63, 3.8) is 0 Å². The van der Waals surface area contributed by atoms with E-state index in [-0.39, 0.29) is 5.91 Å². The number of amides is 1. The van der Waals surface area contributed by atoms with Crippen LogP contribution >= 0.6 is 0 Å². The van der Waals surface area contributed by atoms with Gasteiger partial charge in [-0.2, -0.15) is 4.98 Å². The molecule has 0 atom stereocenters. The zero-order valence-corrected chi connectivity index (χ0v) is 15.7. The van der Waals surface area contributed by atoms with E-state index in [9.17, 15) is 4.79 Å². The highest BCUT2D eigenvalue weighted by molar-refractivity contribution is 5.78. The normalized spacial score (nSPS) is 18.3. The summed E-state index contributed by atoms with van der Waals surface area (Å²) >= 11 is 0. The molecule has 3 rings (SSSR count). The highest BCUT2D eigenvalue weighted by Gasteiger charge is 2.19. The lowest BCUT2D eigenvalue weighted by molar-refractivity contribution is -0.127. The third-order valence-corrected chi connectivity index (χ3v) is 4.86. The topological polar surface area (TPSA) is 82.6 Å². The number of aromatic nitrogens is 2. The lowest BCUT2D eigenvalue weighted by Crippen LogP contribution is -2.39. The molecule has 3 heterocycles. The predicted octanol–water partition coefficient (Wildman–Crippen LogP) is 0.954. The van der Waals surface area contributed by atoms with E-state index in [1.54, 1.807) is 0 Å². The number of carbonyl (C=O) groups excluding carboxylic acids is 1. The molecule has 144 valence electrons. The Kier molecular flexibility index (Phi) is 7.02. The first-order chi connectivity index (χ1) is 12.7. The number of nitrogens with one attached hydrogen (secondary N) is 2. The number of hydrogen-bond acceptors (Lipinski definition) is 7. The van der Waals surface area contributed by atoms with Crippen molar-refractivity contribution in [2.45, 2.75) is 26.2 Å². The summed E-state index contributed by atoms with van der Waals surface area (Å²) in [5, 5.41) is 6.68. The fourth-order valence-electron chi connectivity index (χ4n) is 3.27. The largest absolute Gasteiger partial charge is 0.379 e. The number of nitrogens with zero attached hydrogens (tertiary/aromatic N) is 4. The van der Waals surface area contributed by atoms with Gasteiger partial charge in [-0.1, -0.05) is 0 Å². The fourth-order valence-corrected chi connectivity index (χ4v) is 3.27. The number of anilines is 2. The van der Waals surface area contributed by atoms with Crippen molar-refractivity contribution in [2.24, 2.45) is 0 Å². The van der Waals surface area contributed by atoms with Crippen LogP contribution in [0.1, 0.15) is 24.8 Å². The van der Waals surface area contributed by atoms with Crippen molar-refractivity contribution in [2.75, 3.05) is 69.7 Å². The van der Waals surface area contributed by atoms with Crippen LogP contribution in [0.5, 0.6) is 0 Å². The number of aryl methyl sites for hydroxylation is 1. The van der Waals surface area contributed by atoms with Gasteiger partial charge in [0.15, 0.2) is 0 Å². The fraction of sp³-hybridized carbons (Fsp3) is 0.722. The number of carbonyl (C=O) groups is 1. The number of likely N-dealkylation sites (tertiary alicyclic amines) is 1. The van der Waals surface area contributed by atoms with E-state index in [0.717, 1.165) is 83.3 Å². The molecule has 0 bridgehead atoms. The van der Waals surface area contributed by atoms with Gasteiger partial charge >= 0.3 is 0 Å². The van der Waals surface area contributed by atoms with Crippen molar-refractivity contribution in [1.82, 2.24) is 19.8 Å². The zero-order chi connectivity index (χ0) is 18.2. The summed E-state index contributed by atoms with van der Waals surface area (Å²) in [6.07, 6.45) is 4.44. The van der Waals surface area contributed by atoms with E-state index in [4.69, 9.17) is 4.74 Å². The molecule has 2 aliphatic rings. The molecule has 0 aromatic carbocycles. The molecule has 2 fully saturated rings. The second kappa shape index (κ2) is 9.68. The lowest BCUT2D eigenvalue weighted by atomic mass is 10.3. The number of hydrogen-bond donors (Lipinski definition) is 2. The van der Waals surface area contributed by atoms with E-state index in [1.165, 1.54) is 0 Å². The van der Waals surface area contributed by atoms with E-state index in [1.807, 2.05) is 18.0 Å². The molecule has 0 unspecified atom stereocenters. The van der Waals surface area contributed by atoms with Crippen LogP contribution in [0.25, 0.3) is 0 Å². The lowest BCUT2D eigenvalue weighted by Gasteiger charge is -2.26. The Hall–Kier alpha value is -1.93. The second-order valence-electron chi connectivity index (χ2n) is 6.87. The molecule has 0 radical (unpaired) electrons. The van der Waals surface area contributed by atoms with Gasteiger partial charge in [0.05, 0.1) is 13.2 Å². The summed E-state index contributed by atoms with van der Waals surface area (Å²) in [7, 11) is 0. The maximum Gasteiger partial charge on any atom is 0.224 e. The molecule has 8 nitrogen and oxygen atoms in total. The first-order valence-corrected chi connectivity index (χ1v) is 9.61. The molecule has 2 aliphatic heterocycles. The molecule has 26 heavy (non-hydrogen) atoms. The number of ether oxygens (including phenoxy) is 1. The van der Waals surface area contributed by atoms with Crippen LogP contribution in [-0.4, -0.2) is 84.7 Å². The first-order valence-electron chi connectivity index (χ1n) is 9.61. The number of rotatable bonds is 9. The monoisotopic (exact) mass is 362 g/mol. The van der Waals surface area contributed by atoms with Crippen molar-refractivity contribution in [1.29, 1.82) is 0 Å². The third-order valence-electron chi connectivity index (χ3n) is 4.86. The summed E-state index contributed by atoms with van der Waals surface area (Å²) < 4.78 is 5.37. The maximum atomic E-state index is 11.6. The van der Waals surface area contributed by atoms with Gasteiger partial charge in [0.25, 0.3) is 0 Å². The summed E-state index contributed by atoms with van der Waals surface area (Å²) in [6.45, 7) is 9.97. The van der Waals surface area contributed by atoms with Gasteiger partial charge in [-0.15, -0.1) is 0 Å². The average Bonchev–Trinajstić information content (AvgIpc) is 3.07. The van der Waals surface area contributed by atoms with E-state index in [0.29, 0.717) is 12.4 Å². The van der Waals surface area contributed by atoms with Gasteiger partial charge in [-0.25, -0.2) is 4.98 Å². The molecule has 2 saturated heterocycles. The zero-order valence-electron chi connectivity index (χ0n) is 15.7. The predicted molar refractivity (Wildman–Crippen MR) is 101 cm³/mol. The van der Waals surface area contributed by atoms with Gasteiger partial charge in [-0.3, -0.25) is 9.69 Å². The molecular formula is C18H30N6O2. The highest BCUT2D eigenvalue weighted by atomic mass is 16.5. The van der Waals surface area contributed by atoms with Crippen molar-refractivity contribution >= 4 is 17.7 Å². The van der Waals surface area contributed by atoms with Gasteiger partial charge < -0.3 is 20.3 Å². The van der Waals surface area contributed by atoms with Gasteiger partial charge in [-0.05, 0) is 19.8 Å². The molecule has 8 heteroatoms. The van der Waals surface area contributed by atoms with Crippen LogP contribution in [0.2, 0.25) is 0 Å². The standard InChI is InChI=1S/C18H30N6O2/c1-15-14-21-18(20-5-3-8-24-7-2-4-16(24)25)22-17(15)19-6-9-23-10-12-26-13-11-23/h14H,2-13H2,1H3,(H2,19,20,21,22). The quantitative estimate of drug-likeness (QED) is 0.633. The Balaban J connectivity index is 1.39. The summed E-state index contributed by atoms with van der Waals surface area (Å²) in [6, 6.07) is 0. The highest BCUT2D eigenvalue weighted by Crippen LogP contribution is 2.13. The van der Waals surface area contributed by atoms with Crippen LogP contribution < -0.4 is 10.6 Å². The van der Waals surface area contributed by atoms with E-state index in [2.05, 4.69) is 25.5 Å². The number of morpholine rings is 1. The van der Waals surface area contributed by atoms with Gasteiger partial charge in [0, 0.05) is 64.0 Å². The van der Waals surface area contributed by atoms with E-state index >= 15 is 0 Å². The van der Waals surface area contributed by atoms with Crippen LogP contribution in [0.3, 0.4) is 0 Å². The molecule has 2 N–H and O–H groups in total. The minimum absolute atomic E-state index is 0.281. The smallest absolute Gasteiger partial charge is 0.224 e. The molecule has 0 aliphatic carbocycles. The maximum absolute atomic E-state index is 11.6. The Morgan fingerprint density at radius 3 is 2.77 bits per heavy atom. The SMILES string of the molecule is Cc1cnc(NCCCN2CCCC2=O)nc1NCCN1CCOCC1. The van der Waals surface area contributed by atoms with Gasteiger partial charge in [0.2, 0.25) is 11.9 Å². The van der Waals surface area contributed by atoms with Crippen LogP contribution in [0, 0.1) is 6.92 Å². The third kappa shape index (κ3) is 5.54. The average molecular weight is 362 g/mol. The Labute approximate surface area is 155 Å². The molecule has 1 amide bonds. The van der Waals surface area contributed by atoms with Gasteiger partial charge in [0.1, 0.15) is 5.82 Å². The van der Waals surface area contributed by atoms with Crippen LogP contribution in [-0.2, 0) is 9.53 Å². The van der Waals surface area contributed by atoms with Crippen molar-refractivity contribution < 1.29 is 9.53 Å². The summed E-state index contributed by atoms with van der Waals surface area (Å²) in [5.41, 5.74) is 1.04. The molecule has 0 spiro atoms. The first kappa shape index (κ1) is 18.8. The van der Waals surface area contributed by atoms with Crippen molar-refractivity contribution in [3.05, 3.63) is 11.8 Å². The summed E-state index contributed by atoms with van der Waals surface area (Å²) in [4.78, 5) is 24.9. The Morgan fingerprint density at radius 2 is 2.00 bits per heavy atom. The Bertz CT molecular complexity index is 591. The molecular weight excluding hydrogens is 332 g/mol. The van der Waals surface area contributed by atoms with Crippen molar-refractivity contribution in [3.8, 4) is 0 Å². The van der Waals surface area contributed by atoms with Crippen LogP contribution in [0.15, 0.2) is 6.20 Å². The molecule has 1 aromatic heterocycles. The summed E-state index contributed by atoms with van der Waals surface area (Å²) in [5.74, 6) is 1.80. The molecule has 0 saturated carbocycles. The minimum Gasteiger partial charge on any atom is -0.379 e. The minimum atomic E-state index is 0.281. The molecule has 1 aromatic rings. The van der Waals surface area contributed by atoms with Crippen LogP contribution in [0.4, 0.5) is 11.8 Å². The second-order valence-corrected chi connectivity index (χ2v) is 6.87. The van der Waals surface area contributed by atoms with E-state index < -0.39 is 0 Å².